The van der Waals surface area contributed by atoms with E-state index in [0.29, 0.717) is 27.8 Å². The Labute approximate surface area is 338 Å². The van der Waals surface area contributed by atoms with Gasteiger partial charge in [0, 0.05) is 16.9 Å². The van der Waals surface area contributed by atoms with Crippen LogP contribution in [0.15, 0.2) is 97.1 Å². The number of nitrogens with zero attached hydrogens (tertiary/aromatic N) is 4. The summed E-state index contributed by atoms with van der Waals surface area (Å²) < 4.78 is 2.38. The third kappa shape index (κ3) is 4.08. The van der Waals surface area contributed by atoms with Crippen molar-refractivity contribution in [1.82, 2.24) is 9.55 Å². The van der Waals surface area contributed by atoms with Gasteiger partial charge in [-0.15, -0.1) is 16.4 Å². The molecule has 0 unspecified atom stereocenters. The second-order valence-electron chi connectivity index (χ2n) is 16.2. The SMILES string of the molecule is [B]c1cc([B])c(N2c3nc4ccc5c(c4n3C(C)(C)C2(C)C)-c2ccccc2C52c3ccccc3N(c3c([B])c([B])c([B])c([B])c3[B])c3ccccc32)c([B])c1. The van der Waals surface area contributed by atoms with Gasteiger partial charge in [0.15, 0.2) is 0 Å². The van der Waals surface area contributed by atoms with Crippen LogP contribution in [-0.2, 0) is 11.0 Å². The zero-order valence-corrected chi connectivity index (χ0v) is 31.6. The second-order valence-corrected chi connectivity index (χ2v) is 16.2. The minimum Gasteiger partial charge on any atom is -0.311 e. The number of para-hydroxylation sites is 2. The van der Waals surface area contributed by atoms with E-state index < -0.39 is 16.5 Å². The maximum atomic E-state index is 6.81. The number of hydrogen-bond acceptors (Lipinski definition) is 3. The molecule has 3 heterocycles. The first-order valence-electron chi connectivity index (χ1n) is 18.6. The van der Waals surface area contributed by atoms with Crippen LogP contribution in [0.3, 0.4) is 0 Å². The summed E-state index contributed by atoms with van der Waals surface area (Å²) in [6.07, 6.45) is 0. The minimum absolute atomic E-state index is 0.168. The van der Waals surface area contributed by atoms with E-state index in [0.717, 1.165) is 61.7 Å². The lowest BCUT2D eigenvalue weighted by Crippen LogP contribution is -2.56. The molecule has 3 aliphatic rings. The molecular weight excluding hydrogens is 671 g/mol. The fraction of sp³-hybridized carbons (Fsp3) is 0.159. The predicted molar refractivity (Wildman–Crippen MR) is 240 cm³/mol. The molecule has 2 aliphatic heterocycles. The van der Waals surface area contributed by atoms with E-state index in [1.54, 1.807) is 12.1 Å². The molecule has 1 spiro atoms. The summed E-state index contributed by atoms with van der Waals surface area (Å²) >= 11 is 0. The van der Waals surface area contributed by atoms with Crippen LogP contribution in [0.5, 0.6) is 0 Å². The number of hydrogen-bond donors (Lipinski definition) is 0. The Hall–Kier alpha value is -5.09. The van der Waals surface area contributed by atoms with Crippen molar-refractivity contribution in [2.45, 2.75) is 44.2 Å². The van der Waals surface area contributed by atoms with Crippen LogP contribution in [0.4, 0.5) is 28.7 Å². The van der Waals surface area contributed by atoms with Crippen molar-refractivity contribution >= 4 is 146 Å². The summed E-state index contributed by atoms with van der Waals surface area (Å²) in [6.45, 7) is 8.91. The standard InChI is InChI=1S/C44H28B8N4/c1-42(2)43(3,4)56-39-29(53-41(56)55(42)38-27(46)19-21(45)20-28(38)47)18-17-26-32(39)22-11-5-6-12-23(22)44(26)24-13-7-9-15-30(24)54(31-16-10-8-14-25(31)44)40-36(51)34(49)33(48)35(50)37(40)52/h5-20H,1-4H3. The number of rotatable bonds is 2. The molecule has 7 aromatic rings. The van der Waals surface area contributed by atoms with Crippen molar-refractivity contribution in [3.8, 4) is 11.1 Å². The van der Waals surface area contributed by atoms with Gasteiger partial charge in [-0.1, -0.05) is 106 Å². The summed E-state index contributed by atoms with van der Waals surface area (Å²) in [5, 5.41) is 0. The molecule has 56 heavy (non-hydrogen) atoms. The number of fused-ring (bicyclic) bond motifs is 13. The third-order valence-corrected chi connectivity index (χ3v) is 13.0. The molecule has 10 rings (SSSR count). The molecule has 1 aliphatic carbocycles. The normalized spacial score (nSPS) is 16.4. The first kappa shape index (κ1) is 35.3. The molecule has 0 N–H and O–H groups in total. The smallest absolute Gasteiger partial charge is 0.212 e. The van der Waals surface area contributed by atoms with Gasteiger partial charge >= 0.3 is 0 Å². The molecule has 0 saturated heterocycles. The maximum absolute atomic E-state index is 6.81. The van der Waals surface area contributed by atoms with E-state index in [4.69, 9.17) is 67.8 Å². The molecule has 0 atom stereocenters. The first-order chi connectivity index (χ1) is 26.6. The largest absolute Gasteiger partial charge is 0.311 e. The van der Waals surface area contributed by atoms with Crippen molar-refractivity contribution in [3.63, 3.8) is 0 Å². The highest BCUT2D eigenvalue weighted by atomic mass is 15.4. The molecule has 0 bridgehead atoms. The fourth-order valence-electron chi connectivity index (χ4n) is 9.88. The average Bonchev–Trinajstić information content (AvgIpc) is 3.74. The summed E-state index contributed by atoms with van der Waals surface area (Å²) in [7, 11) is 52.5. The molecule has 248 valence electrons. The second kappa shape index (κ2) is 11.5. The van der Waals surface area contributed by atoms with Gasteiger partial charge in [-0.2, -0.15) is 0 Å². The van der Waals surface area contributed by atoms with Gasteiger partial charge < -0.3 is 14.4 Å². The molecular formula is C44H28B8N4. The van der Waals surface area contributed by atoms with Crippen molar-refractivity contribution < 1.29 is 0 Å². The van der Waals surface area contributed by atoms with Crippen molar-refractivity contribution in [2.75, 3.05) is 9.80 Å². The molecule has 12 heteroatoms. The lowest BCUT2D eigenvalue weighted by atomic mass is 9.60. The van der Waals surface area contributed by atoms with E-state index in [2.05, 4.69) is 115 Å². The zero-order valence-electron chi connectivity index (χ0n) is 31.6. The van der Waals surface area contributed by atoms with Crippen LogP contribution in [0, 0.1) is 0 Å². The van der Waals surface area contributed by atoms with E-state index in [-0.39, 0.29) is 27.3 Å². The topological polar surface area (TPSA) is 24.3 Å². The Morgan fingerprint density at radius 1 is 0.518 bits per heavy atom. The fourth-order valence-corrected chi connectivity index (χ4v) is 9.88. The van der Waals surface area contributed by atoms with Gasteiger partial charge in [-0.3, -0.25) is 0 Å². The van der Waals surface area contributed by atoms with Crippen LogP contribution in [0.1, 0.15) is 49.9 Å². The quantitative estimate of drug-likeness (QED) is 0.254. The van der Waals surface area contributed by atoms with Gasteiger partial charge in [0.25, 0.3) is 0 Å². The number of imidazole rings is 1. The number of aromatic nitrogens is 2. The van der Waals surface area contributed by atoms with Crippen LogP contribution in [0.2, 0.25) is 0 Å². The predicted octanol–water partition coefficient (Wildman–Crippen LogP) is 1.20. The Kier molecular flexibility index (Phi) is 7.25. The van der Waals surface area contributed by atoms with Gasteiger partial charge in [0.1, 0.15) is 62.8 Å². The van der Waals surface area contributed by atoms with Crippen molar-refractivity contribution in [3.05, 3.63) is 119 Å². The van der Waals surface area contributed by atoms with Crippen LogP contribution in [0.25, 0.3) is 22.2 Å². The summed E-state index contributed by atoms with van der Waals surface area (Å²) in [6, 6.07) is 33.3. The maximum Gasteiger partial charge on any atom is 0.212 e. The Bertz CT molecular complexity index is 2800. The molecule has 0 fully saturated rings. The number of anilines is 5. The van der Waals surface area contributed by atoms with E-state index in [1.165, 1.54) is 0 Å². The van der Waals surface area contributed by atoms with Crippen molar-refractivity contribution in [2.24, 2.45) is 0 Å². The average molecular weight is 699 g/mol. The lowest BCUT2D eigenvalue weighted by molar-refractivity contribution is 0.253. The first-order valence-corrected chi connectivity index (χ1v) is 18.6. The highest BCUT2D eigenvalue weighted by Crippen LogP contribution is 2.65. The van der Waals surface area contributed by atoms with E-state index in [9.17, 15) is 0 Å². The highest BCUT2D eigenvalue weighted by molar-refractivity contribution is 6.69. The van der Waals surface area contributed by atoms with Crippen LogP contribution in [-0.4, -0.2) is 77.9 Å². The van der Waals surface area contributed by atoms with Gasteiger partial charge in [0.05, 0.1) is 38.9 Å². The van der Waals surface area contributed by atoms with E-state index >= 15 is 0 Å². The molecule has 4 nitrogen and oxygen atoms in total. The molecule has 1 aromatic heterocycles. The minimum atomic E-state index is -0.757. The molecule has 0 saturated carbocycles. The van der Waals surface area contributed by atoms with E-state index in [1.807, 2.05) is 12.1 Å². The summed E-state index contributed by atoms with van der Waals surface area (Å²) in [5.41, 5.74) is 12.2. The van der Waals surface area contributed by atoms with Gasteiger partial charge in [0.2, 0.25) is 5.95 Å². The number of benzene rings is 6. The lowest BCUT2D eigenvalue weighted by Gasteiger charge is -2.46. The van der Waals surface area contributed by atoms with Crippen LogP contribution < -0.4 is 53.5 Å². The molecule has 16 radical (unpaired) electrons. The van der Waals surface area contributed by atoms with Crippen molar-refractivity contribution in [1.29, 1.82) is 0 Å². The summed E-state index contributed by atoms with van der Waals surface area (Å²) in [4.78, 5) is 9.65. The summed E-state index contributed by atoms with van der Waals surface area (Å²) in [5.74, 6) is 0.755. The van der Waals surface area contributed by atoms with Gasteiger partial charge in [-0.05, 0) is 73.7 Å². The Balaban J connectivity index is 1.33. The highest BCUT2D eigenvalue weighted by Gasteiger charge is 2.57. The molecule has 0 amide bonds. The van der Waals surface area contributed by atoms with Crippen LogP contribution >= 0.6 is 0 Å². The molecule has 6 aromatic carbocycles. The monoisotopic (exact) mass is 700 g/mol. The van der Waals surface area contributed by atoms with Gasteiger partial charge in [-0.25, -0.2) is 4.98 Å². The Morgan fingerprint density at radius 3 is 1.62 bits per heavy atom. The third-order valence-electron chi connectivity index (χ3n) is 13.0. The zero-order chi connectivity index (χ0) is 39.4. The Morgan fingerprint density at radius 2 is 1.04 bits per heavy atom.